The molecule has 36 heavy (non-hydrogen) atoms. The zero-order chi connectivity index (χ0) is 23.3. The van der Waals surface area contributed by atoms with Crippen LogP contribution >= 0.6 is 24.8 Å². The molecule has 0 unspecified atom stereocenters. The van der Waals surface area contributed by atoms with Crippen molar-refractivity contribution < 1.29 is 9.59 Å². The fourth-order valence-corrected chi connectivity index (χ4v) is 3.78. The maximum absolute atomic E-state index is 12.6. The Morgan fingerprint density at radius 1 is 0.583 bits per heavy atom. The third-order valence-electron chi connectivity index (χ3n) is 5.59. The van der Waals surface area contributed by atoms with E-state index in [2.05, 4.69) is 31.3 Å². The van der Waals surface area contributed by atoms with E-state index in [4.69, 9.17) is 0 Å². The molecule has 2 aliphatic rings. The van der Waals surface area contributed by atoms with Crippen molar-refractivity contribution in [2.75, 3.05) is 36.8 Å². The van der Waals surface area contributed by atoms with Crippen LogP contribution in [0.3, 0.4) is 0 Å². The van der Waals surface area contributed by atoms with Gasteiger partial charge in [-0.05, 0) is 60.7 Å². The molecule has 0 atom stereocenters. The highest BCUT2D eigenvalue weighted by atomic mass is 35.5. The quantitative estimate of drug-likeness (QED) is 0.394. The van der Waals surface area contributed by atoms with Gasteiger partial charge in [0.15, 0.2) is 0 Å². The van der Waals surface area contributed by atoms with Gasteiger partial charge in [0.2, 0.25) is 0 Å². The summed E-state index contributed by atoms with van der Waals surface area (Å²) in [6.45, 7) is 3.24. The fourth-order valence-electron chi connectivity index (χ4n) is 3.78. The van der Waals surface area contributed by atoms with Gasteiger partial charge in [0.1, 0.15) is 11.7 Å². The summed E-state index contributed by atoms with van der Waals surface area (Å²) in [7, 11) is 0. The van der Waals surface area contributed by atoms with Crippen LogP contribution in [-0.4, -0.2) is 49.7 Å². The summed E-state index contributed by atoms with van der Waals surface area (Å²) in [4.78, 5) is 34.0. The molecule has 8 nitrogen and oxygen atoms in total. The number of hydrogen-bond acceptors (Lipinski definition) is 6. The average Bonchev–Trinajstić information content (AvgIpc) is 3.60. The molecule has 0 aromatic heterocycles. The van der Waals surface area contributed by atoms with E-state index in [9.17, 15) is 9.59 Å². The molecule has 0 spiro atoms. The van der Waals surface area contributed by atoms with Gasteiger partial charge in [0.05, 0.1) is 13.1 Å². The number of carbonyl (C=O) groups excluding carboxylic acids is 2. The van der Waals surface area contributed by atoms with Crippen LogP contribution in [0.2, 0.25) is 0 Å². The molecule has 4 N–H and O–H groups in total. The number of amidine groups is 2. The average molecular weight is 525 g/mol. The number of amides is 2. The lowest BCUT2D eigenvalue weighted by Gasteiger charge is -2.09. The first-order chi connectivity index (χ1) is 16.7. The topological polar surface area (TPSA) is 107 Å². The van der Waals surface area contributed by atoms with Crippen molar-refractivity contribution in [1.82, 2.24) is 10.6 Å². The fraction of sp³-hybridized carbons (Fsp3) is 0.154. The van der Waals surface area contributed by atoms with Crippen molar-refractivity contribution in [3.63, 3.8) is 0 Å². The normalized spacial score (nSPS) is 13.7. The third-order valence-corrected chi connectivity index (χ3v) is 5.59. The highest BCUT2D eigenvalue weighted by Crippen LogP contribution is 2.16. The van der Waals surface area contributed by atoms with Crippen LogP contribution in [0.15, 0.2) is 82.8 Å². The Balaban J connectivity index is 0.00000180. The highest BCUT2D eigenvalue weighted by Gasteiger charge is 2.12. The van der Waals surface area contributed by atoms with E-state index in [0.717, 1.165) is 49.0 Å². The van der Waals surface area contributed by atoms with Crippen LogP contribution < -0.4 is 21.3 Å². The lowest BCUT2D eigenvalue weighted by molar-refractivity contribution is 0.102. The van der Waals surface area contributed by atoms with Crippen LogP contribution in [0.1, 0.15) is 31.8 Å². The summed E-state index contributed by atoms with van der Waals surface area (Å²) >= 11 is 0. The number of rotatable bonds is 6. The lowest BCUT2D eigenvalue weighted by atomic mass is 10.1. The van der Waals surface area contributed by atoms with Crippen molar-refractivity contribution in [1.29, 1.82) is 0 Å². The van der Waals surface area contributed by atoms with Gasteiger partial charge in [-0.1, -0.05) is 12.1 Å². The van der Waals surface area contributed by atoms with E-state index in [1.165, 1.54) is 0 Å². The number of nitrogens with one attached hydrogen (secondary N) is 4. The molecule has 3 aromatic carbocycles. The summed E-state index contributed by atoms with van der Waals surface area (Å²) in [6, 6.07) is 21.7. The van der Waals surface area contributed by atoms with Gasteiger partial charge >= 0.3 is 0 Å². The van der Waals surface area contributed by atoms with E-state index >= 15 is 0 Å². The zero-order valence-corrected chi connectivity index (χ0v) is 20.9. The van der Waals surface area contributed by atoms with E-state index in [-0.39, 0.29) is 36.6 Å². The molecule has 0 saturated carbocycles. The molecule has 10 heteroatoms. The highest BCUT2D eigenvalue weighted by molar-refractivity contribution is 6.07. The number of nitrogens with zero attached hydrogens (tertiary/aromatic N) is 2. The SMILES string of the molecule is Cl.Cl.O=C(Nc1ccc(C2=NCCN2)cc1)c1ccc(NC(=O)c2ccc(C3=NCCN3)cc2)cc1. The first-order valence-electron chi connectivity index (χ1n) is 11.2. The second-order valence-electron chi connectivity index (χ2n) is 7.95. The van der Waals surface area contributed by atoms with Crippen LogP contribution in [0.25, 0.3) is 0 Å². The first-order valence-corrected chi connectivity index (χ1v) is 11.2. The van der Waals surface area contributed by atoms with E-state index in [0.29, 0.717) is 22.5 Å². The third kappa shape index (κ3) is 6.21. The Morgan fingerprint density at radius 2 is 0.944 bits per heavy atom. The Bertz CT molecular complexity index is 1270. The standard InChI is InChI=1S/C26H24N6O2.2ClH/c33-25(19-3-1-17(2-4-19)23-27-13-14-28-23)32-22-11-7-20(8-12-22)26(34)31-21-9-5-18(6-10-21)24-29-15-16-30-24;;/h1-12H,13-16H2,(H,27,28)(H,29,30)(H,31,34)(H,32,33);2*1H. The van der Waals surface area contributed by atoms with Crippen molar-refractivity contribution in [2.45, 2.75) is 0 Å². The Kier molecular flexibility index (Phi) is 9.05. The number of anilines is 2. The molecule has 3 aromatic rings. The summed E-state index contributed by atoms with van der Waals surface area (Å²) < 4.78 is 0. The molecule has 0 fully saturated rings. The van der Waals surface area contributed by atoms with Crippen molar-refractivity contribution in [2.24, 2.45) is 9.98 Å². The molecule has 0 bridgehead atoms. The Morgan fingerprint density at radius 3 is 1.33 bits per heavy atom. The zero-order valence-electron chi connectivity index (χ0n) is 19.3. The molecule has 2 aliphatic heterocycles. The van der Waals surface area contributed by atoms with Gasteiger partial charge in [-0.25, -0.2) is 0 Å². The smallest absolute Gasteiger partial charge is 0.255 e. The molecule has 2 heterocycles. The van der Waals surface area contributed by atoms with Crippen LogP contribution in [-0.2, 0) is 0 Å². The molecule has 5 rings (SSSR count). The number of halogens is 2. The number of benzene rings is 3. The van der Waals surface area contributed by atoms with Crippen LogP contribution in [0.4, 0.5) is 11.4 Å². The van der Waals surface area contributed by atoms with Crippen molar-refractivity contribution in [3.05, 3.63) is 95.1 Å². The largest absolute Gasteiger partial charge is 0.368 e. The minimum Gasteiger partial charge on any atom is -0.368 e. The number of hydrogen-bond donors (Lipinski definition) is 4. The van der Waals surface area contributed by atoms with Crippen LogP contribution in [0, 0.1) is 0 Å². The lowest BCUT2D eigenvalue weighted by Crippen LogP contribution is -2.19. The van der Waals surface area contributed by atoms with Gasteiger partial charge in [-0.3, -0.25) is 19.6 Å². The maximum atomic E-state index is 12.6. The van der Waals surface area contributed by atoms with Gasteiger partial charge in [0.25, 0.3) is 11.8 Å². The molecule has 0 saturated heterocycles. The molecule has 0 aliphatic carbocycles. The van der Waals surface area contributed by atoms with Gasteiger partial charge in [-0.2, -0.15) is 0 Å². The van der Waals surface area contributed by atoms with Crippen LogP contribution in [0.5, 0.6) is 0 Å². The summed E-state index contributed by atoms with van der Waals surface area (Å²) in [6.07, 6.45) is 0. The first kappa shape index (κ1) is 26.7. The number of aliphatic imine (C=N–C) groups is 2. The predicted molar refractivity (Wildman–Crippen MR) is 149 cm³/mol. The molecule has 2 amide bonds. The second kappa shape index (κ2) is 12.2. The minimum absolute atomic E-state index is 0. The Hall–Kier alpha value is -3.88. The maximum Gasteiger partial charge on any atom is 0.255 e. The monoisotopic (exact) mass is 524 g/mol. The van der Waals surface area contributed by atoms with Gasteiger partial charge < -0.3 is 21.3 Å². The minimum atomic E-state index is -0.221. The molecular weight excluding hydrogens is 499 g/mol. The van der Waals surface area contributed by atoms with E-state index in [1.807, 2.05) is 36.4 Å². The van der Waals surface area contributed by atoms with E-state index in [1.54, 1.807) is 36.4 Å². The Labute approximate surface area is 221 Å². The van der Waals surface area contributed by atoms with Crippen molar-refractivity contribution in [3.8, 4) is 0 Å². The predicted octanol–water partition coefficient (Wildman–Crippen LogP) is 3.73. The summed E-state index contributed by atoms with van der Waals surface area (Å²) in [5, 5.41) is 12.2. The number of carbonyl (C=O) groups is 2. The van der Waals surface area contributed by atoms with Gasteiger partial charge in [0, 0.05) is 46.7 Å². The second-order valence-corrected chi connectivity index (χ2v) is 7.95. The van der Waals surface area contributed by atoms with Crippen molar-refractivity contribution >= 4 is 59.7 Å². The van der Waals surface area contributed by atoms with Gasteiger partial charge in [-0.15, -0.1) is 24.8 Å². The summed E-state index contributed by atoms with van der Waals surface area (Å²) in [5.74, 6) is 1.30. The molecule has 0 radical (unpaired) electrons. The summed E-state index contributed by atoms with van der Waals surface area (Å²) in [5.41, 5.74) is 4.32. The molecule has 186 valence electrons. The van der Waals surface area contributed by atoms with E-state index < -0.39 is 0 Å². The molecular formula is C26H26Cl2N6O2.